The number of halogens is 1. The van der Waals surface area contributed by atoms with Crippen molar-refractivity contribution in [1.82, 2.24) is 0 Å². The molecule has 0 aromatic heterocycles. The molecule has 2 aromatic rings. The van der Waals surface area contributed by atoms with Gasteiger partial charge in [-0.15, -0.1) is 0 Å². The molecular weight excluding hydrogens is 272 g/mol. The van der Waals surface area contributed by atoms with E-state index < -0.39 is 5.91 Å². The number of hydrogen-bond donors (Lipinski definition) is 2. The second-order valence-electron chi connectivity index (χ2n) is 4.84. The van der Waals surface area contributed by atoms with Crippen molar-refractivity contribution in [3.05, 3.63) is 63.7 Å². The topological polar surface area (TPSA) is 55.1 Å². The summed E-state index contributed by atoms with van der Waals surface area (Å²) >= 11 is 6.12. The zero-order valence-corrected chi connectivity index (χ0v) is 12.3. The number of carbonyl (C=O) groups is 1. The molecule has 1 amide bonds. The number of nitrogens with one attached hydrogen (secondary N) is 1. The third-order valence-electron chi connectivity index (χ3n) is 3.22. The predicted molar refractivity (Wildman–Crippen MR) is 83.2 cm³/mol. The fraction of sp³-hybridized carbons (Fsp3) is 0.188. The third-order valence-corrected chi connectivity index (χ3v) is 3.55. The molecule has 0 unspecified atom stereocenters. The Morgan fingerprint density at radius 3 is 2.60 bits per heavy atom. The number of anilines is 1. The summed E-state index contributed by atoms with van der Waals surface area (Å²) in [4.78, 5) is 11.2. The maximum absolute atomic E-state index is 11.2. The number of amides is 1. The summed E-state index contributed by atoms with van der Waals surface area (Å²) in [7, 11) is 0. The van der Waals surface area contributed by atoms with Crippen LogP contribution in [0.1, 0.15) is 27.0 Å². The largest absolute Gasteiger partial charge is 0.380 e. The molecule has 20 heavy (non-hydrogen) atoms. The van der Waals surface area contributed by atoms with Crippen molar-refractivity contribution in [1.29, 1.82) is 0 Å². The first kappa shape index (κ1) is 14.4. The summed E-state index contributed by atoms with van der Waals surface area (Å²) in [5.74, 6) is -0.462. The van der Waals surface area contributed by atoms with Crippen LogP contribution in [-0.2, 0) is 6.54 Å². The molecule has 0 spiro atoms. The van der Waals surface area contributed by atoms with Gasteiger partial charge in [0.25, 0.3) is 0 Å². The molecular formula is C16H17ClN2O. The summed E-state index contributed by atoms with van der Waals surface area (Å²) in [6.07, 6.45) is 0. The molecule has 0 radical (unpaired) electrons. The van der Waals surface area contributed by atoms with Gasteiger partial charge in [0.05, 0.1) is 10.7 Å². The van der Waals surface area contributed by atoms with Crippen LogP contribution in [-0.4, -0.2) is 5.91 Å². The molecule has 0 saturated carbocycles. The number of carbonyl (C=O) groups excluding carboxylic acids is 1. The van der Waals surface area contributed by atoms with Crippen LogP contribution >= 0.6 is 11.6 Å². The Morgan fingerprint density at radius 1 is 1.20 bits per heavy atom. The Labute approximate surface area is 123 Å². The van der Waals surface area contributed by atoms with Crippen LogP contribution < -0.4 is 11.1 Å². The van der Waals surface area contributed by atoms with Gasteiger partial charge in [-0.1, -0.05) is 35.4 Å². The summed E-state index contributed by atoms with van der Waals surface area (Å²) < 4.78 is 0. The maximum atomic E-state index is 11.2. The van der Waals surface area contributed by atoms with Crippen molar-refractivity contribution in [3.8, 4) is 0 Å². The number of benzene rings is 2. The summed E-state index contributed by atoms with van der Waals surface area (Å²) in [5, 5.41) is 3.81. The van der Waals surface area contributed by atoms with Crippen LogP contribution in [0.25, 0.3) is 0 Å². The molecule has 0 aliphatic rings. The van der Waals surface area contributed by atoms with Crippen molar-refractivity contribution in [2.75, 3.05) is 5.32 Å². The van der Waals surface area contributed by atoms with E-state index in [2.05, 4.69) is 37.4 Å². The average Bonchev–Trinajstić information content (AvgIpc) is 2.39. The highest BCUT2D eigenvalue weighted by Crippen LogP contribution is 2.24. The molecule has 4 heteroatoms. The molecule has 0 saturated heterocycles. The Morgan fingerprint density at radius 2 is 1.95 bits per heavy atom. The van der Waals surface area contributed by atoms with E-state index in [1.54, 1.807) is 18.2 Å². The highest BCUT2D eigenvalue weighted by molar-refractivity contribution is 6.33. The molecule has 0 fully saturated rings. The molecule has 104 valence electrons. The second kappa shape index (κ2) is 5.97. The van der Waals surface area contributed by atoms with Gasteiger partial charge in [-0.25, -0.2) is 0 Å². The van der Waals surface area contributed by atoms with Gasteiger partial charge in [0.1, 0.15) is 0 Å². The minimum atomic E-state index is -0.462. The van der Waals surface area contributed by atoms with Gasteiger partial charge in [0.2, 0.25) is 5.91 Å². The lowest BCUT2D eigenvalue weighted by Gasteiger charge is -2.12. The monoisotopic (exact) mass is 288 g/mol. The number of primary amides is 1. The molecule has 3 nitrogen and oxygen atoms in total. The van der Waals surface area contributed by atoms with Crippen LogP contribution in [0.2, 0.25) is 5.02 Å². The lowest BCUT2D eigenvalue weighted by atomic mass is 10.1. The fourth-order valence-electron chi connectivity index (χ4n) is 2.05. The number of hydrogen-bond acceptors (Lipinski definition) is 2. The Hall–Kier alpha value is -2.00. The number of nitrogens with two attached hydrogens (primary N) is 1. The van der Waals surface area contributed by atoms with Gasteiger partial charge in [-0.3, -0.25) is 4.79 Å². The lowest BCUT2D eigenvalue weighted by molar-refractivity contribution is 0.100. The molecule has 0 bridgehead atoms. The SMILES string of the molecule is Cc1ccc(CNc2cc(C(N)=O)ccc2Cl)c(C)c1. The normalized spacial score (nSPS) is 10.3. The summed E-state index contributed by atoms with van der Waals surface area (Å²) in [6.45, 7) is 4.79. The molecule has 0 heterocycles. The lowest BCUT2D eigenvalue weighted by Crippen LogP contribution is -2.11. The van der Waals surface area contributed by atoms with Crippen LogP contribution in [0.3, 0.4) is 0 Å². The van der Waals surface area contributed by atoms with Crippen molar-refractivity contribution in [2.45, 2.75) is 20.4 Å². The average molecular weight is 289 g/mol. The van der Waals surface area contributed by atoms with E-state index in [4.69, 9.17) is 17.3 Å². The fourth-order valence-corrected chi connectivity index (χ4v) is 2.23. The first-order valence-corrected chi connectivity index (χ1v) is 6.74. The van der Waals surface area contributed by atoms with Crippen molar-refractivity contribution < 1.29 is 4.79 Å². The quantitative estimate of drug-likeness (QED) is 0.902. The zero-order valence-electron chi connectivity index (χ0n) is 11.5. The Kier molecular flexibility index (Phi) is 4.30. The molecule has 2 rings (SSSR count). The second-order valence-corrected chi connectivity index (χ2v) is 5.25. The highest BCUT2D eigenvalue weighted by Gasteiger charge is 2.06. The Balaban J connectivity index is 2.18. The maximum Gasteiger partial charge on any atom is 0.248 e. The van der Waals surface area contributed by atoms with Crippen LogP contribution in [0, 0.1) is 13.8 Å². The van der Waals surface area contributed by atoms with E-state index >= 15 is 0 Å². The van der Waals surface area contributed by atoms with Crippen LogP contribution in [0.15, 0.2) is 36.4 Å². The predicted octanol–water partition coefficient (Wildman–Crippen LogP) is 3.67. The van der Waals surface area contributed by atoms with E-state index in [1.807, 2.05) is 0 Å². The van der Waals surface area contributed by atoms with Gasteiger partial charge in [-0.2, -0.15) is 0 Å². The van der Waals surface area contributed by atoms with E-state index in [9.17, 15) is 4.79 Å². The van der Waals surface area contributed by atoms with E-state index in [0.717, 1.165) is 0 Å². The molecule has 3 N–H and O–H groups in total. The standard InChI is InChI=1S/C16H17ClN2O/c1-10-3-4-13(11(2)7-10)9-19-15-8-12(16(18)20)5-6-14(15)17/h3-8,19H,9H2,1-2H3,(H2,18,20). The molecule has 2 aromatic carbocycles. The molecule has 0 aliphatic carbocycles. The minimum absolute atomic E-state index is 0.442. The minimum Gasteiger partial charge on any atom is -0.380 e. The molecule has 0 aliphatic heterocycles. The van der Waals surface area contributed by atoms with Gasteiger partial charge < -0.3 is 11.1 Å². The van der Waals surface area contributed by atoms with Crippen molar-refractivity contribution in [2.24, 2.45) is 5.73 Å². The van der Waals surface area contributed by atoms with Gasteiger partial charge in [0, 0.05) is 12.1 Å². The van der Waals surface area contributed by atoms with E-state index in [-0.39, 0.29) is 0 Å². The number of aryl methyl sites for hydroxylation is 2. The summed E-state index contributed by atoms with van der Waals surface area (Å²) in [6, 6.07) is 11.3. The first-order chi connectivity index (χ1) is 9.47. The Bertz CT molecular complexity index is 653. The van der Waals surface area contributed by atoms with Gasteiger partial charge in [0.15, 0.2) is 0 Å². The van der Waals surface area contributed by atoms with E-state index in [0.29, 0.717) is 22.8 Å². The third kappa shape index (κ3) is 3.31. The number of rotatable bonds is 4. The smallest absolute Gasteiger partial charge is 0.248 e. The zero-order chi connectivity index (χ0) is 14.7. The summed E-state index contributed by atoms with van der Waals surface area (Å²) in [5.41, 5.74) is 10.1. The van der Waals surface area contributed by atoms with Crippen LogP contribution in [0.4, 0.5) is 5.69 Å². The van der Waals surface area contributed by atoms with Crippen LogP contribution in [0.5, 0.6) is 0 Å². The van der Waals surface area contributed by atoms with Crippen molar-refractivity contribution in [3.63, 3.8) is 0 Å². The first-order valence-electron chi connectivity index (χ1n) is 6.36. The van der Waals surface area contributed by atoms with Gasteiger partial charge in [-0.05, 0) is 43.2 Å². The highest BCUT2D eigenvalue weighted by atomic mass is 35.5. The van der Waals surface area contributed by atoms with Gasteiger partial charge >= 0.3 is 0 Å². The van der Waals surface area contributed by atoms with Crippen molar-refractivity contribution >= 4 is 23.2 Å². The molecule has 0 atom stereocenters. The van der Waals surface area contributed by atoms with E-state index in [1.165, 1.54) is 16.7 Å².